The van der Waals surface area contributed by atoms with Crippen LogP contribution in [0.15, 0.2) is 24.3 Å². The molecule has 1 heterocycles. The molecular formula is C15H19FN2O4S. The van der Waals surface area contributed by atoms with Gasteiger partial charge in [-0.25, -0.2) is 4.39 Å². The van der Waals surface area contributed by atoms with Gasteiger partial charge in [-0.05, 0) is 48.8 Å². The van der Waals surface area contributed by atoms with E-state index in [1.807, 2.05) is 0 Å². The summed E-state index contributed by atoms with van der Waals surface area (Å²) >= 11 is 0. The molecule has 2 fully saturated rings. The SMILES string of the molecule is O=C(O)[C@@H](Cc1ccc(F)cc1)NS(=O)(=O)N1C[C@H]2CC[C@H]2C1. The molecule has 0 amide bonds. The number of aliphatic carboxylic acids is 1. The number of halogens is 1. The summed E-state index contributed by atoms with van der Waals surface area (Å²) in [7, 11) is -3.83. The number of carboxylic acid groups (broad SMARTS) is 1. The van der Waals surface area contributed by atoms with Crippen LogP contribution < -0.4 is 4.72 Å². The second-order valence-electron chi connectivity index (χ2n) is 6.26. The van der Waals surface area contributed by atoms with Crippen LogP contribution in [0.5, 0.6) is 0 Å². The summed E-state index contributed by atoms with van der Waals surface area (Å²) in [5.41, 5.74) is 0.558. The fourth-order valence-electron chi connectivity index (χ4n) is 3.20. The van der Waals surface area contributed by atoms with Crippen LogP contribution in [-0.4, -0.2) is 42.9 Å². The summed E-state index contributed by atoms with van der Waals surface area (Å²) in [5.74, 6) is -0.854. The van der Waals surface area contributed by atoms with Crippen molar-refractivity contribution in [3.8, 4) is 0 Å². The number of carboxylic acids is 1. The van der Waals surface area contributed by atoms with E-state index in [1.54, 1.807) is 0 Å². The van der Waals surface area contributed by atoms with Crippen molar-refractivity contribution in [1.82, 2.24) is 9.03 Å². The van der Waals surface area contributed by atoms with Gasteiger partial charge >= 0.3 is 5.97 Å². The standard InChI is InChI=1S/C15H19FN2O4S/c16-13-5-1-10(2-6-13)7-14(15(19)20)17-23(21,22)18-8-11-3-4-12(11)9-18/h1-2,5-6,11-12,14,17H,3-4,7-9H2,(H,19,20)/t11-,12+,14-/m1/s1. The minimum Gasteiger partial charge on any atom is -0.480 e. The Morgan fingerprint density at radius 2 is 1.83 bits per heavy atom. The van der Waals surface area contributed by atoms with E-state index in [0.29, 0.717) is 30.5 Å². The second kappa shape index (κ2) is 6.18. The number of carbonyl (C=O) groups is 1. The Kier molecular flexibility index (Phi) is 4.39. The van der Waals surface area contributed by atoms with Crippen molar-refractivity contribution in [3.05, 3.63) is 35.6 Å². The molecule has 126 valence electrons. The molecule has 23 heavy (non-hydrogen) atoms. The number of hydrogen-bond acceptors (Lipinski definition) is 3. The molecule has 2 aliphatic rings. The van der Waals surface area contributed by atoms with Crippen molar-refractivity contribution >= 4 is 16.2 Å². The molecule has 1 aromatic rings. The Bertz CT molecular complexity index is 680. The molecule has 0 unspecified atom stereocenters. The molecule has 1 saturated heterocycles. The topological polar surface area (TPSA) is 86.7 Å². The number of nitrogens with one attached hydrogen (secondary N) is 1. The molecule has 1 aliphatic heterocycles. The highest BCUT2D eigenvalue weighted by molar-refractivity contribution is 7.87. The molecule has 0 spiro atoms. The Labute approximate surface area is 134 Å². The predicted octanol–water partition coefficient (Wildman–Crippen LogP) is 0.998. The average Bonchev–Trinajstić information content (AvgIpc) is 2.76. The highest BCUT2D eigenvalue weighted by Crippen LogP contribution is 2.41. The van der Waals surface area contributed by atoms with Crippen molar-refractivity contribution < 1.29 is 22.7 Å². The molecular weight excluding hydrogens is 323 g/mol. The van der Waals surface area contributed by atoms with Crippen LogP contribution >= 0.6 is 0 Å². The second-order valence-corrected chi connectivity index (χ2v) is 7.96. The van der Waals surface area contributed by atoms with Crippen LogP contribution in [0, 0.1) is 17.7 Å². The van der Waals surface area contributed by atoms with Gasteiger partial charge < -0.3 is 5.11 Å². The van der Waals surface area contributed by atoms with Gasteiger partial charge in [-0.2, -0.15) is 17.4 Å². The van der Waals surface area contributed by atoms with Gasteiger partial charge in [0.2, 0.25) is 0 Å². The number of rotatable bonds is 6. The summed E-state index contributed by atoms with van der Waals surface area (Å²) in [6, 6.07) is 4.08. The van der Waals surface area contributed by atoms with Crippen molar-refractivity contribution in [2.45, 2.75) is 25.3 Å². The summed E-state index contributed by atoms with van der Waals surface area (Å²) in [4.78, 5) is 11.4. The Morgan fingerprint density at radius 1 is 1.26 bits per heavy atom. The molecule has 1 saturated carbocycles. The highest BCUT2D eigenvalue weighted by atomic mass is 32.2. The lowest BCUT2D eigenvalue weighted by Gasteiger charge is -2.27. The van der Waals surface area contributed by atoms with Crippen molar-refractivity contribution in [3.63, 3.8) is 0 Å². The van der Waals surface area contributed by atoms with Crippen LogP contribution in [-0.2, 0) is 21.4 Å². The van der Waals surface area contributed by atoms with Crippen LogP contribution in [0.4, 0.5) is 4.39 Å². The van der Waals surface area contributed by atoms with E-state index in [2.05, 4.69) is 4.72 Å². The van der Waals surface area contributed by atoms with E-state index in [0.717, 1.165) is 12.8 Å². The summed E-state index contributed by atoms with van der Waals surface area (Å²) in [6.45, 7) is 0.922. The monoisotopic (exact) mass is 342 g/mol. The van der Waals surface area contributed by atoms with E-state index in [1.165, 1.54) is 28.6 Å². The quantitative estimate of drug-likeness (QED) is 0.807. The number of hydrogen-bond donors (Lipinski definition) is 2. The fourth-order valence-corrected chi connectivity index (χ4v) is 4.67. The molecule has 8 heteroatoms. The predicted molar refractivity (Wildman–Crippen MR) is 81.4 cm³/mol. The molecule has 2 N–H and O–H groups in total. The molecule has 3 rings (SSSR count). The third-order valence-corrected chi connectivity index (χ3v) is 6.29. The van der Waals surface area contributed by atoms with Gasteiger partial charge in [-0.15, -0.1) is 0 Å². The van der Waals surface area contributed by atoms with Gasteiger partial charge in [0.05, 0.1) is 0 Å². The van der Waals surface area contributed by atoms with E-state index >= 15 is 0 Å². The summed E-state index contributed by atoms with van der Waals surface area (Å²) in [5, 5.41) is 9.29. The average molecular weight is 342 g/mol. The van der Waals surface area contributed by atoms with Crippen LogP contribution in [0.2, 0.25) is 0 Å². The lowest BCUT2D eigenvalue weighted by molar-refractivity contribution is -0.138. The first-order chi connectivity index (χ1) is 10.8. The van der Waals surface area contributed by atoms with Crippen molar-refractivity contribution in [2.75, 3.05) is 13.1 Å². The van der Waals surface area contributed by atoms with E-state index in [9.17, 15) is 22.7 Å². The van der Waals surface area contributed by atoms with Gasteiger partial charge in [0, 0.05) is 13.1 Å². The van der Waals surface area contributed by atoms with Gasteiger partial charge in [-0.1, -0.05) is 12.1 Å². The van der Waals surface area contributed by atoms with Gasteiger partial charge in [0.25, 0.3) is 10.2 Å². The van der Waals surface area contributed by atoms with E-state index < -0.39 is 28.0 Å². The molecule has 0 aromatic heterocycles. The first-order valence-corrected chi connectivity index (χ1v) is 9.04. The Morgan fingerprint density at radius 3 is 2.30 bits per heavy atom. The highest BCUT2D eigenvalue weighted by Gasteiger charge is 2.44. The number of benzene rings is 1. The maximum Gasteiger partial charge on any atom is 0.322 e. The van der Waals surface area contributed by atoms with Crippen LogP contribution in [0.3, 0.4) is 0 Å². The smallest absolute Gasteiger partial charge is 0.322 e. The molecule has 3 atom stereocenters. The lowest BCUT2D eigenvalue weighted by Crippen LogP contribution is -2.48. The Balaban J connectivity index is 1.68. The van der Waals surface area contributed by atoms with Crippen LogP contribution in [0.25, 0.3) is 0 Å². The molecule has 6 nitrogen and oxygen atoms in total. The van der Waals surface area contributed by atoms with Gasteiger partial charge in [0.1, 0.15) is 11.9 Å². The zero-order valence-corrected chi connectivity index (χ0v) is 13.3. The van der Waals surface area contributed by atoms with Crippen molar-refractivity contribution in [1.29, 1.82) is 0 Å². The van der Waals surface area contributed by atoms with Gasteiger partial charge in [0.15, 0.2) is 0 Å². The summed E-state index contributed by atoms with van der Waals surface area (Å²) < 4.78 is 41.3. The molecule has 0 bridgehead atoms. The van der Waals surface area contributed by atoms with E-state index in [-0.39, 0.29) is 6.42 Å². The number of nitrogens with zero attached hydrogens (tertiary/aromatic N) is 1. The van der Waals surface area contributed by atoms with E-state index in [4.69, 9.17) is 0 Å². The van der Waals surface area contributed by atoms with Crippen molar-refractivity contribution in [2.24, 2.45) is 11.8 Å². The third kappa shape index (κ3) is 3.54. The Hall–Kier alpha value is -1.51. The number of fused-ring (bicyclic) bond motifs is 1. The van der Waals surface area contributed by atoms with Gasteiger partial charge in [-0.3, -0.25) is 4.79 Å². The first-order valence-electron chi connectivity index (χ1n) is 7.60. The normalized spacial score (nSPS) is 25.6. The summed E-state index contributed by atoms with van der Waals surface area (Å²) in [6.07, 6.45) is 2.04. The maximum atomic E-state index is 12.9. The first kappa shape index (κ1) is 16.4. The largest absolute Gasteiger partial charge is 0.480 e. The zero-order valence-electron chi connectivity index (χ0n) is 12.5. The minimum absolute atomic E-state index is 0.0322. The zero-order chi connectivity index (χ0) is 16.6. The minimum atomic E-state index is -3.83. The molecule has 1 aliphatic carbocycles. The fraction of sp³-hybridized carbons (Fsp3) is 0.533. The third-order valence-electron chi connectivity index (χ3n) is 4.73. The maximum absolute atomic E-state index is 12.9. The lowest BCUT2D eigenvalue weighted by atomic mass is 9.77. The molecule has 1 aromatic carbocycles. The molecule has 0 radical (unpaired) electrons. The van der Waals surface area contributed by atoms with Crippen LogP contribution in [0.1, 0.15) is 18.4 Å².